The molecule has 130 valence electrons. The summed E-state index contributed by atoms with van der Waals surface area (Å²) < 4.78 is 0. The summed E-state index contributed by atoms with van der Waals surface area (Å²) in [6.45, 7) is 3.20. The summed E-state index contributed by atoms with van der Waals surface area (Å²) in [5.74, 6) is 0.712. The van der Waals surface area contributed by atoms with E-state index in [0.29, 0.717) is 12.0 Å². The van der Waals surface area contributed by atoms with Gasteiger partial charge < -0.3 is 9.80 Å². The van der Waals surface area contributed by atoms with Crippen LogP contribution in [0.3, 0.4) is 0 Å². The molecule has 0 bridgehead atoms. The molecule has 1 aliphatic carbocycles. The summed E-state index contributed by atoms with van der Waals surface area (Å²) in [5, 5.41) is 0.781. The summed E-state index contributed by atoms with van der Waals surface area (Å²) in [7, 11) is 0. The number of amides is 1. The first-order valence-electron chi connectivity index (χ1n) is 9.03. The van der Waals surface area contributed by atoms with Crippen molar-refractivity contribution in [2.45, 2.75) is 37.8 Å². The molecule has 1 amide bonds. The van der Waals surface area contributed by atoms with Gasteiger partial charge >= 0.3 is 0 Å². The first-order valence-corrected chi connectivity index (χ1v) is 9.41. The lowest BCUT2D eigenvalue weighted by molar-refractivity contribution is -0.134. The molecule has 3 atom stereocenters. The van der Waals surface area contributed by atoms with E-state index in [1.165, 1.54) is 19.3 Å². The molecule has 0 radical (unpaired) electrons. The maximum absolute atomic E-state index is 12.9. The van der Waals surface area contributed by atoms with Crippen LogP contribution in [0.25, 0.3) is 0 Å². The minimum Gasteiger partial charge on any atom is -0.367 e. The van der Waals surface area contributed by atoms with Crippen LogP contribution < -0.4 is 15.8 Å². The number of halogens is 1. The zero-order valence-corrected chi connectivity index (χ0v) is 14.6. The highest BCUT2D eigenvalue weighted by Crippen LogP contribution is 2.31. The summed E-state index contributed by atoms with van der Waals surface area (Å²) >= 11 is 6.30. The van der Waals surface area contributed by atoms with Gasteiger partial charge in [0.2, 0.25) is 5.91 Å². The highest BCUT2D eigenvalue weighted by Gasteiger charge is 2.42. The molecule has 0 aromatic heterocycles. The van der Waals surface area contributed by atoms with Crippen LogP contribution in [0.1, 0.15) is 25.7 Å². The van der Waals surface area contributed by atoms with Crippen LogP contribution in [0.2, 0.25) is 5.02 Å². The van der Waals surface area contributed by atoms with E-state index in [9.17, 15) is 4.79 Å². The van der Waals surface area contributed by atoms with Crippen molar-refractivity contribution in [2.24, 2.45) is 5.92 Å². The summed E-state index contributed by atoms with van der Waals surface area (Å²) in [4.78, 5) is 17.2. The lowest BCUT2D eigenvalue weighted by Crippen LogP contribution is -2.55. The van der Waals surface area contributed by atoms with Crippen molar-refractivity contribution >= 4 is 23.2 Å². The number of nitrogens with one attached hydrogen (secondary N) is 2. The second-order valence-electron chi connectivity index (χ2n) is 7.08. The molecule has 1 aromatic rings. The fraction of sp³-hybridized carbons (Fsp3) is 0.611. The fourth-order valence-electron chi connectivity index (χ4n) is 4.36. The first-order chi connectivity index (χ1) is 11.7. The van der Waals surface area contributed by atoms with Crippen LogP contribution in [-0.4, -0.2) is 49.1 Å². The average molecular weight is 349 g/mol. The average Bonchev–Trinajstić information content (AvgIpc) is 3.06. The van der Waals surface area contributed by atoms with Crippen LogP contribution in [0.15, 0.2) is 24.3 Å². The summed E-state index contributed by atoms with van der Waals surface area (Å²) in [6, 6.07) is 8.35. The quantitative estimate of drug-likeness (QED) is 0.858. The number of carbonyl (C=O) groups is 1. The van der Waals surface area contributed by atoms with Gasteiger partial charge in [-0.3, -0.25) is 10.2 Å². The highest BCUT2D eigenvalue weighted by atomic mass is 35.5. The van der Waals surface area contributed by atoms with E-state index in [4.69, 9.17) is 11.6 Å². The topological polar surface area (TPSA) is 47.6 Å². The van der Waals surface area contributed by atoms with Crippen LogP contribution in [-0.2, 0) is 4.79 Å². The number of hydrogen-bond acceptors (Lipinski definition) is 4. The van der Waals surface area contributed by atoms with E-state index in [-0.39, 0.29) is 11.9 Å². The highest BCUT2D eigenvalue weighted by molar-refractivity contribution is 6.33. The van der Waals surface area contributed by atoms with E-state index in [0.717, 1.165) is 43.3 Å². The van der Waals surface area contributed by atoms with E-state index >= 15 is 0 Å². The third-order valence-corrected chi connectivity index (χ3v) is 6.04. The largest absolute Gasteiger partial charge is 0.367 e. The van der Waals surface area contributed by atoms with Crippen molar-refractivity contribution in [2.75, 3.05) is 31.1 Å². The lowest BCUT2D eigenvalue weighted by Gasteiger charge is -2.38. The van der Waals surface area contributed by atoms with E-state index in [1.54, 1.807) is 0 Å². The number of nitrogens with zero attached hydrogens (tertiary/aromatic N) is 2. The molecule has 1 saturated carbocycles. The van der Waals surface area contributed by atoms with Crippen molar-refractivity contribution in [1.82, 2.24) is 15.8 Å². The Morgan fingerprint density at radius 2 is 1.79 bits per heavy atom. The number of para-hydroxylation sites is 1. The third kappa shape index (κ3) is 3.01. The first kappa shape index (κ1) is 16.2. The van der Waals surface area contributed by atoms with Gasteiger partial charge in [0.05, 0.1) is 10.7 Å². The number of hydrogen-bond donors (Lipinski definition) is 2. The number of piperazine rings is 1. The number of benzene rings is 1. The Hall–Kier alpha value is -1.30. The van der Waals surface area contributed by atoms with Crippen LogP contribution in [0, 0.1) is 5.92 Å². The standard InChI is InChI=1S/C18H25ClN4O/c19-14-6-2-4-8-16(14)22-9-11-23(12-10-22)18(24)17-13-5-1-3-7-15(13)20-21-17/h2,4,6,8,13,15,17,20-21H,1,3,5,7,9-12H2. The van der Waals surface area contributed by atoms with Crippen LogP contribution in [0.5, 0.6) is 0 Å². The van der Waals surface area contributed by atoms with E-state index in [2.05, 4.69) is 21.8 Å². The maximum Gasteiger partial charge on any atom is 0.241 e. The van der Waals surface area contributed by atoms with Crippen molar-refractivity contribution in [3.63, 3.8) is 0 Å². The van der Waals surface area contributed by atoms with Gasteiger partial charge in [0, 0.05) is 38.1 Å². The molecule has 5 nitrogen and oxygen atoms in total. The number of carbonyl (C=O) groups excluding carboxylic acids is 1. The van der Waals surface area contributed by atoms with Crippen molar-refractivity contribution < 1.29 is 4.79 Å². The van der Waals surface area contributed by atoms with Gasteiger partial charge in [-0.1, -0.05) is 36.6 Å². The normalized spacial score (nSPS) is 30.3. The smallest absolute Gasteiger partial charge is 0.241 e. The molecule has 24 heavy (non-hydrogen) atoms. The predicted octanol–water partition coefficient (Wildman–Crippen LogP) is 2.02. The number of hydrazine groups is 1. The number of anilines is 1. The predicted molar refractivity (Wildman–Crippen MR) is 96.1 cm³/mol. The number of rotatable bonds is 2. The minimum atomic E-state index is -0.0536. The Morgan fingerprint density at radius 1 is 1.04 bits per heavy atom. The van der Waals surface area contributed by atoms with Gasteiger partial charge in [-0.2, -0.15) is 0 Å². The second kappa shape index (κ2) is 6.90. The molecule has 3 unspecified atom stereocenters. The Balaban J connectivity index is 1.37. The van der Waals surface area contributed by atoms with Gasteiger partial charge in [-0.05, 0) is 25.0 Å². The number of fused-ring (bicyclic) bond motifs is 1. The Bertz CT molecular complexity index is 602. The summed E-state index contributed by atoms with van der Waals surface area (Å²) in [6.07, 6.45) is 4.85. The van der Waals surface area contributed by atoms with Gasteiger partial charge in [0.25, 0.3) is 0 Å². The fourth-order valence-corrected chi connectivity index (χ4v) is 4.61. The van der Waals surface area contributed by atoms with Crippen molar-refractivity contribution in [1.29, 1.82) is 0 Å². The van der Waals surface area contributed by atoms with Crippen LogP contribution >= 0.6 is 11.6 Å². The second-order valence-corrected chi connectivity index (χ2v) is 7.49. The minimum absolute atomic E-state index is 0.0536. The van der Waals surface area contributed by atoms with Gasteiger partial charge in [-0.25, -0.2) is 5.43 Å². The van der Waals surface area contributed by atoms with E-state index < -0.39 is 0 Å². The van der Waals surface area contributed by atoms with Crippen LogP contribution in [0.4, 0.5) is 5.69 Å². The molecule has 2 N–H and O–H groups in total. The Morgan fingerprint density at radius 3 is 2.58 bits per heavy atom. The molecule has 1 aromatic carbocycles. The van der Waals surface area contributed by atoms with Gasteiger partial charge in [-0.15, -0.1) is 0 Å². The zero-order valence-electron chi connectivity index (χ0n) is 13.9. The van der Waals surface area contributed by atoms with Crippen molar-refractivity contribution in [3.8, 4) is 0 Å². The molecule has 2 heterocycles. The molecule has 3 fully saturated rings. The van der Waals surface area contributed by atoms with Crippen molar-refractivity contribution in [3.05, 3.63) is 29.3 Å². The molecule has 4 rings (SSSR count). The molecule has 0 spiro atoms. The molecular weight excluding hydrogens is 324 g/mol. The monoisotopic (exact) mass is 348 g/mol. The van der Waals surface area contributed by atoms with E-state index in [1.807, 2.05) is 23.1 Å². The molecular formula is C18H25ClN4O. The Labute approximate surface area is 148 Å². The summed E-state index contributed by atoms with van der Waals surface area (Å²) in [5.41, 5.74) is 7.69. The molecule has 6 heteroatoms. The third-order valence-electron chi connectivity index (χ3n) is 5.72. The lowest BCUT2D eigenvalue weighted by atomic mass is 9.81. The molecule has 2 saturated heterocycles. The maximum atomic E-state index is 12.9. The molecule has 3 aliphatic rings. The SMILES string of the molecule is O=C(C1NNC2CCCCC21)N1CCN(c2ccccc2Cl)CC1. The zero-order chi connectivity index (χ0) is 16.5. The molecule has 2 aliphatic heterocycles. The van der Waals surface area contributed by atoms with Gasteiger partial charge in [0.1, 0.15) is 6.04 Å². The van der Waals surface area contributed by atoms with Gasteiger partial charge in [0.15, 0.2) is 0 Å². The Kier molecular flexibility index (Phi) is 4.66.